The maximum atomic E-state index is 14.3. The first kappa shape index (κ1) is 23.0. The molecule has 1 aliphatic rings. The number of aromatic nitrogens is 2. The Bertz CT molecular complexity index is 1270. The zero-order valence-corrected chi connectivity index (χ0v) is 17.6. The summed E-state index contributed by atoms with van der Waals surface area (Å²) in [5.74, 6) is -2.83. The summed E-state index contributed by atoms with van der Waals surface area (Å²) in [6.45, 7) is -2.25. The maximum Gasteiger partial charge on any atom is 0.387 e. The lowest BCUT2D eigenvalue weighted by Crippen LogP contribution is -2.41. The number of hydrogen-bond donors (Lipinski definition) is 1. The molecule has 2 heterocycles. The lowest BCUT2D eigenvalue weighted by atomic mass is 9.91. The number of halogens is 4. The second-order valence-corrected chi connectivity index (χ2v) is 7.33. The van der Waals surface area contributed by atoms with Crippen LogP contribution in [-0.4, -0.2) is 40.7 Å². The molecule has 13 heteroatoms. The average Bonchev–Trinajstić information content (AvgIpc) is 3.34. The van der Waals surface area contributed by atoms with E-state index in [9.17, 15) is 27.2 Å². The van der Waals surface area contributed by atoms with Gasteiger partial charge >= 0.3 is 12.6 Å². The summed E-state index contributed by atoms with van der Waals surface area (Å²) in [6.07, 6.45) is 0. The summed E-state index contributed by atoms with van der Waals surface area (Å²) in [6, 6.07) is 5.65. The molecule has 0 aliphatic carbocycles. The van der Waals surface area contributed by atoms with Gasteiger partial charge in [0.25, 0.3) is 5.91 Å². The van der Waals surface area contributed by atoms with E-state index in [4.69, 9.17) is 9.26 Å². The normalized spacial score (nSPS) is 17.9. The monoisotopic (exact) mass is 480 g/mol. The fourth-order valence-electron chi connectivity index (χ4n) is 3.48. The van der Waals surface area contributed by atoms with Gasteiger partial charge in [-0.2, -0.15) is 13.8 Å². The molecule has 0 bridgehead atoms. The molecule has 1 aromatic heterocycles. The van der Waals surface area contributed by atoms with Crippen LogP contribution in [0.2, 0.25) is 0 Å². The minimum Gasteiger partial charge on any atom is -0.493 e. The Morgan fingerprint density at radius 3 is 2.62 bits per heavy atom. The number of methoxy groups -OCH3 is 1. The highest BCUT2D eigenvalue weighted by Crippen LogP contribution is 2.34. The van der Waals surface area contributed by atoms with Crippen LogP contribution in [0.1, 0.15) is 18.4 Å². The van der Waals surface area contributed by atoms with E-state index >= 15 is 0 Å². The van der Waals surface area contributed by atoms with E-state index in [0.29, 0.717) is 5.56 Å². The van der Waals surface area contributed by atoms with Crippen molar-refractivity contribution in [2.75, 3.05) is 7.11 Å². The van der Waals surface area contributed by atoms with Gasteiger partial charge in [0.05, 0.1) is 7.11 Å². The first-order valence-corrected chi connectivity index (χ1v) is 9.68. The molecule has 34 heavy (non-hydrogen) atoms. The number of imide groups is 1. The zero-order valence-electron chi connectivity index (χ0n) is 17.6. The Balaban J connectivity index is 1.56. The highest BCUT2D eigenvalue weighted by atomic mass is 19.3. The van der Waals surface area contributed by atoms with Gasteiger partial charge in [-0.1, -0.05) is 5.16 Å². The number of hydrogen-bond acceptors (Lipinski definition) is 7. The summed E-state index contributed by atoms with van der Waals surface area (Å²) in [7, 11) is 1.26. The first-order valence-electron chi connectivity index (χ1n) is 9.68. The summed E-state index contributed by atoms with van der Waals surface area (Å²) < 4.78 is 67.4. The molecule has 9 nitrogen and oxygen atoms in total. The molecular formula is C21H16F4N4O5. The van der Waals surface area contributed by atoms with Crippen LogP contribution in [0.25, 0.3) is 11.4 Å². The van der Waals surface area contributed by atoms with Gasteiger partial charge in [0.2, 0.25) is 11.7 Å². The number of urea groups is 1. The lowest BCUT2D eigenvalue weighted by Gasteiger charge is -2.22. The number of alkyl halides is 2. The highest BCUT2D eigenvalue weighted by Gasteiger charge is 2.50. The number of carbonyl (C=O) groups excluding carboxylic acids is 2. The fraction of sp³-hybridized carbons (Fsp3) is 0.238. The Morgan fingerprint density at radius 2 is 1.91 bits per heavy atom. The third-order valence-corrected chi connectivity index (χ3v) is 5.14. The number of nitrogens with one attached hydrogen (secondary N) is 1. The summed E-state index contributed by atoms with van der Waals surface area (Å²) >= 11 is 0. The van der Waals surface area contributed by atoms with Gasteiger partial charge in [-0.3, -0.25) is 9.69 Å². The molecule has 2 aromatic carbocycles. The molecule has 0 saturated carbocycles. The van der Waals surface area contributed by atoms with Gasteiger partial charge in [-0.15, -0.1) is 0 Å². The van der Waals surface area contributed by atoms with Crippen molar-refractivity contribution in [2.45, 2.75) is 25.6 Å². The van der Waals surface area contributed by atoms with E-state index in [1.165, 1.54) is 32.2 Å². The minimum absolute atomic E-state index is 0.00821. The van der Waals surface area contributed by atoms with Crippen molar-refractivity contribution in [2.24, 2.45) is 0 Å². The molecule has 1 aliphatic heterocycles. The molecule has 1 atom stereocenters. The molecule has 0 spiro atoms. The molecule has 0 radical (unpaired) electrons. The molecule has 1 fully saturated rings. The number of amides is 3. The van der Waals surface area contributed by atoms with Crippen LogP contribution in [0.5, 0.6) is 11.5 Å². The van der Waals surface area contributed by atoms with Gasteiger partial charge in [0.1, 0.15) is 23.7 Å². The Kier molecular flexibility index (Phi) is 5.85. The van der Waals surface area contributed by atoms with E-state index in [-0.39, 0.29) is 28.8 Å². The topological polar surface area (TPSA) is 107 Å². The molecule has 1 saturated heterocycles. The zero-order chi connectivity index (χ0) is 24.6. The number of ether oxygens (including phenoxy) is 2. The second kappa shape index (κ2) is 8.65. The van der Waals surface area contributed by atoms with Gasteiger partial charge < -0.3 is 19.3 Å². The average molecular weight is 480 g/mol. The molecule has 178 valence electrons. The molecule has 3 amide bonds. The second-order valence-electron chi connectivity index (χ2n) is 7.33. The summed E-state index contributed by atoms with van der Waals surface area (Å²) in [5.41, 5.74) is -1.87. The Labute approximate surface area is 189 Å². The van der Waals surface area contributed by atoms with Gasteiger partial charge in [-0.25, -0.2) is 13.6 Å². The maximum absolute atomic E-state index is 14.3. The summed E-state index contributed by atoms with van der Waals surface area (Å²) in [4.78, 5) is 30.2. The van der Waals surface area contributed by atoms with Gasteiger partial charge in [-0.05, 0) is 43.3 Å². The van der Waals surface area contributed by atoms with E-state index in [2.05, 4.69) is 20.2 Å². The van der Waals surface area contributed by atoms with Crippen molar-refractivity contribution in [3.05, 3.63) is 59.5 Å². The van der Waals surface area contributed by atoms with Crippen LogP contribution < -0.4 is 14.8 Å². The van der Waals surface area contributed by atoms with Gasteiger partial charge in [0.15, 0.2) is 11.5 Å². The third-order valence-electron chi connectivity index (χ3n) is 5.14. The van der Waals surface area contributed by atoms with Crippen molar-refractivity contribution in [3.63, 3.8) is 0 Å². The molecule has 1 N–H and O–H groups in total. The number of carbonyl (C=O) groups is 2. The quantitative estimate of drug-likeness (QED) is 0.407. The van der Waals surface area contributed by atoms with Crippen LogP contribution >= 0.6 is 0 Å². The number of benzene rings is 2. The van der Waals surface area contributed by atoms with Crippen molar-refractivity contribution in [3.8, 4) is 22.9 Å². The minimum atomic E-state index is -3.05. The van der Waals surface area contributed by atoms with Crippen LogP contribution in [0.3, 0.4) is 0 Å². The van der Waals surface area contributed by atoms with Crippen LogP contribution in [-0.2, 0) is 16.9 Å². The van der Waals surface area contributed by atoms with E-state index < -0.39 is 42.3 Å². The van der Waals surface area contributed by atoms with Crippen molar-refractivity contribution >= 4 is 11.9 Å². The van der Waals surface area contributed by atoms with Crippen molar-refractivity contribution < 1.29 is 41.1 Å². The fourth-order valence-corrected chi connectivity index (χ4v) is 3.48. The van der Waals surface area contributed by atoms with Gasteiger partial charge in [0, 0.05) is 11.1 Å². The molecule has 4 rings (SSSR count). The lowest BCUT2D eigenvalue weighted by molar-refractivity contribution is -0.131. The van der Waals surface area contributed by atoms with E-state index in [1.54, 1.807) is 0 Å². The first-order chi connectivity index (χ1) is 16.1. The van der Waals surface area contributed by atoms with Crippen LogP contribution in [0.4, 0.5) is 22.4 Å². The van der Waals surface area contributed by atoms with Crippen LogP contribution in [0.15, 0.2) is 40.9 Å². The third kappa shape index (κ3) is 4.11. The molecular weight excluding hydrogens is 464 g/mol. The number of nitrogens with zero attached hydrogens (tertiary/aromatic N) is 3. The SMILES string of the molecule is COc1cc(-c2noc(CN3C(=O)NC(C)(c4cc(F)ccc4F)C3=O)n2)ccc1OC(F)F. The van der Waals surface area contributed by atoms with E-state index in [1.807, 2.05) is 0 Å². The van der Waals surface area contributed by atoms with Crippen molar-refractivity contribution in [1.82, 2.24) is 20.4 Å². The highest BCUT2D eigenvalue weighted by molar-refractivity contribution is 6.07. The number of rotatable bonds is 7. The Hall–Kier alpha value is -4.16. The smallest absolute Gasteiger partial charge is 0.387 e. The van der Waals surface area contributed by atoms with Crippen molar-refractivity contribution in [1.29, 1.82) is 0 Å². The molecule has 3 aromatic rings. The van der Waals surface area contributed by atoms with E-state index in [0.717, 1.165) is 23.1 Å². The Morgan fingerprint density at radius 1 is 1.15 bits per heavy atom. The molecule has 1 unspecified atom stereocenters. The standard InChI is InChI=1S/C21H16F4N4O5/c1-21(12-8-11(22)4-5-13(12)23)18(30)29(20(31)27-21)9-16-26-17(28-34-16)10-3-6-14(33-19(24)25)15(7-10)32-2/h3-8,19H,9H2,1-2H3,(H,27,31). The van der Waals surface area contributed by atoms with Crippen LogP contribution in [0, 0.1) is 11.6 Å². The predicted molar refractivity (Wildman–Crippen MR) is 106 cm³/mol. The largest absolute Gasteiger partial charge is 0.493 e. The predicted octanol–water partition coefficient (Wildman–Crippen LogP) is 3.59. The summed E-state index contributed by atoms with van der Waals surface area (Å²) in [5, 5.41) is 6.11.